The molecule has 2 saturated heterocycles. The fourth-order valence-electron chi connectivity index (χ4n) is 4.31. The van der Waals surface area contributed by atoms with Gasteiger partial charge >= 0.3 is 0 Å². The van der Waals surface area contributed by atoms with Gasteiger partial charge in [0.05, 0.1) is 0 Å². The van der Waals surface area contributed by atoms with E-state index in [0.29, 0.717) is 37.8 Å². The zero-order chi connectivity index (χ0) is 18.5. The predicted octanol–water partition coefficient (Wildman–Crippen LogP) is 3.09. The first-order valence-corrected chi connectivity index (χ1v) is 9.98. The molecule has 2 aliphatic rings. The van der Waals surface area contributed by atoms with E-state index in [-0.39, 0.29) is 30.3 Å². The zero-order valence-corrected chi connectivity index (χ0v) is 17.2. The lowest BCUT2D eigenvalue weighted by atomic mass is 9.85. The number of likely N-dealkylation sites (N-methyl/N-ethyl adjacent to an activating group) is 1. The van der Waals surface area contributed by atoms with Crippen LogP contribution in [0.1, 0.15) is 39.5 Å². The number of amides is 2. The Morgan fingerprint density at radius 3 is 2.67 bits per heavy atom. The summed E-state index contributed by atoms with van der Waals surface area (Å²) in [6, 6.07) is 9.43. The fourth-order valence-corrected chi connectivity index (χ4v) is 4.31. The fraction of sp³-hybridized carbons (Fsp3) is 0.619. The lowest BCUT2D eigenvalue weighted by molar-refractivity contribution is -0.139. The minimum absolute atomic E-state index is 0. The van der Waals surface area contributed by atoms with Gasteiger partial charge in [0.25, 0.3) is 0 Å². The number of nitrogens with one attached hydrogen (secondary N) is 1. The van der Waals surface area contributed by atoms with Crippen LogP contribution >= 0.6 is 12.4 Å². The van der Waals surface area contributed by atoms with Gasteiger partial charge in [0.15, 0.2) is 0 Å². The molecule has 1 aromatic carbocycles. The molecular weight excluding hydrogens is 362 g/mol. The van der Waals surface area contributed by atoms with Crippen LogP contribution < -0.4 is 10.2 Å². The summed E-state index contributed by atoms with van der Waals surface area (Å²) in [4.78, 5) is 29.5. The van der Waals surface area contributed by atoms with Gasteiger partial charge < -0.3 is 15.1 Å². The Kier molecular flexibility index (Phi) is 8.11. The predicted molar refractivity (Wildman–Crippen MR) is 111 cm³/mol. The van der Waals surface area contributed by atoms with E-state index in [1.54, 1.807) is 4.90 Å². The molecule has 2 heterocycles. The summed E-state index contributed by atoms with van der Waals surface area (Å²) < 4.78 is 0. The third-order valence-corrected chi connectivity index (χ3v) is 5.92. The van der Waals surface area contributed by atoms with Gasteiger partial charge in [-0.2, -0.15) is 0 Å². The zero-order valence-electron chi connectivity index (χ0n) is 16.4. The summed E-state index contributed by atoms with van der Waals surface area (Å²) in [6.07, 6.45) is 3.63. The molecule has 3 rings (SSSR count). The third-order valence-electron chi connectivity index (χ3n) is 5.92. The molecule has 150 valence electrons. The van der Waals surface area contributed by atoms with Gasteiger partial charge in [-0.1, -0.05) is 25.1 Å². The molecule has 3 unspecified atom stereocenters. The topological polar surface area (TPSA) is 52.7 Å². The van der Waals surface area contributed by atoms with Gasteiger partial charge in [-0.3, -0.25) is 9.59 Å². The number of piperidine rings is 1. The minimum Gasteiger partial charge on any atom is -0.331 e. The van der Waals surface area contributed by atoms with Crippen molar-refractivity contribution < 1.29 is 9.59 Å². The average molecular weight is 394 g/mol. The second kappa shape index (κ2) is 10.1. The summed E-state index contributed by atoms with van der Waals surface area (Å²) >= 11 is 0. The quantitative estimate of drug-likeness (QED) is 0.808. The van der Waals surface area contributed by atoms with E-state index in [1.165, 1.54) is 12.8 Å². The van der Waals surface area contributed by atoms with Gasteiger partial charge in [-0.25, -0.2) is 0 Å². The maximum absolute atomic E-state index is 12.9. The van der Waals surface area contributed by atoms with Crippen molar-refractivity contribution in [3.05, 3.63) is 30.3 Å². The number of benzene rings is 1. The number of carbonyl (C=O) groups is 2. The van der Waals surface area contributed by atoms with E-state index in [9.17, 15) is 9.59 Å². The van der Waals surface area contributed by atoms with Crippen molar-refractivity contribution in [2.45, 2.75) is 45.6 Å². The minimum atomic E-state index is -0.315. The highest BCUT2D eigenvalue weighted by Gasteiger charge is 2.38. The van der Waals surface area contributed by atoms with Gasteiger partial charge in [-0.15, -0.1) is 12.4 Å². The Labute approximate surface area is 168 Å². The Balaban J connectivity index is 0.00000261. The molecule has 0 aliphatic carbocycles. The van der Waals surface area contributed by atoms with Crippen LogP contribution in [-0.2, 0) is 9.59 Å². The van der Waals surface area contributed by atoms with Crippen molar-refractivity contribution in [1.29, 1.82) is 0 Å². The number of rotatable bonds is 6. The van der Waals surface area contributed by atoms with Crippen LogP contribution in [0.3, 0.4) is 0 Å². The van der Waals surface area contributed by atoms with Crippen molar-refractivity contribution in [3.63, 3.8) is 0 Å². The molecule has 0 aromatic heterocycles. The van der Waals surface area contributed by atoms with E-state index in [4.69, 9.17) is 0 Å². The molecule has 0 saturated carbocycles. The maximum atomic E-state index is 12.9. The van der Waals surface area contributed by atoms with Gasteiger partial charge in [0.1, 0.15) is 6.04 Å². The first-order valence-electron chi connectivity index (χ1n) is 9.98. The number of carbonyl (C=O) groups excluding carboxylic acids is 2. The van der Waals surface area contributed by atoms with Crippen molar-refractivity contribution in [1.82, 2.24) is 10.2 Å². The van der Waals surface area contributed by atoms with E-state index in [0.717, 1.165) is 18.8 Å². The summed E-state index contributed by atoms with van der Waals surface area (Å²) in [5.74, 6) is 1.09. The summed E-state index contributed by atoms with van der Waals surface area (Å²) in [5, 5.41) is 3.43. The number of para-hydroxylation sites is 1. The number of hydrogen-bond acceptors (Lipinski definition) is 3. The van der Waals surface area contributed by atoms with Crippen LogP contribution in [-0.4, -0.2) is 48.9 Å². The number of hydrogen-bond donors (Lipinski definition) is 1. The first kappa shape index (κ1) is 21.7. The standard InChI is InChI=1S/C21H31N3O2.ClH/c1-3-23(20(25)14-16(2)17-8-7-12-22-15-17)19-11-13-24(21(19)26)18-9-5-4-6-10-18;/h4-6,9-10,16-17,19,22H,3,7-8,11-15H2,1-2H3;1H. The molecule has 2 fully saturated rings. The van der Waals surface area contributed by atoms with Crippen LogP contribution in [0.2, 0.25) is 0 Å². The van der Waals surface area contributed by atoms with E-state index >= 15 is 0 Å². The monoisotopic (exact) mass is 393 g/mol. The summed E-state index contributed by atoms with van der Waals surface area (Å²) in [6.45, 7) is 7.51. The molecule has 5 nitrogen and oxygen atoms in total. The summed E-state index contributed by atoms with van der Waals surface area (Å²) in [5.41, 5.74) is 0.921. The average Bonchev–Trinajstić information content (AvgIpc) is 3.05. The molecule has 1 aromatic rings. The van der Waals surface area contributed by atoms with E-state index in [2.05, 4.69) is 12.2 Å². The molecule has 27 heavy (non-hydrogen) atoms. The summed E-state index contributed by atoms with van der Waals surface area (Å²) in [7, 11) is 0. The van der Waals surface area contributed by atoms with Crippen LogP contribution in [0, 0.1) is 11.8 Å². The van der Waals surface area contributed by atoms with Gasteiger partial charge in [-0.05, 0) is 63.2 Å². The maximum Gasteiger partial charge on any atom is 0.249 e. The molecule has 6 heteroatoms. The molecule has 2 aliphatic heterocycles. The molecule has 3 atom stereocenters. The van der Waals surface area contributed by atoms with Crippen LogP contribution in [0.4, 0.5) is 5.69 Å². The van der Waals surface area contributed by atoms with Crippen molar-refractivity contribution >= 4 is 29.9 Å². The smallest absolute Gasteiger partial charge is 0.249 e. The first-order chi connectivity index (χ1) is 12.6. The van der Waals surface area contributed by atoms with Crippen molar-refractivity contribution in [3.8, 4) is 0 Å². The van der Waals surface area contributed by atoms with Gasteiger partial charge in [0, 0.05) is 25.2 Å². The second-order valence-electron chi connectivity index (χ2n) is 7.60. The molecule has 1 N–H and O–H groups in total. The van der Waals surface area contributed by atoms with Crippen LogP contribution in [0.5, 0.6) is 0 Å². The molecule has 0 radical (unpaired) electrons. The SMILES string of the molecule is CCN(C(=O)CC(C)C1CCCNC1)C1CCN(c2ccccc2)C1=O.Cl. The largest absolute Gasteiger partial charge is 0.331 e. The van der Waals surface area contributed by atoms with E-state index in [1.807, 2.05) is 42.2 Å². The van der Waals surface area contributed by atoms with Crippen molar-refractivity contribution in [2.24, 2.45) is 11.8 Å². The highest BCUT2D eigenvalue weighted by molar-refractivity contribution is 6.01. The lowest BCUT2D eigenvalue weighted by Gasteiger charge is -2.31. The Morgan fingerprint density at radius 2 is 2.04 bits per heavy atom. The highest BCUT2D eigenvalue weighted by atomic mass is 35.5. The number of anilines is 1. The van der Waals surface area contributed by atoms with Crippen molar-refractivity contribution in [2.75, 3.05) is 31.1 Å². The Hall–Kier alpha value is -1.59. The molecule has 0 spiro atoms. The molecule has 0 bridgehead atoms. The number of halogens is 1. The molecular formula is C21H32ClN3O2. The van der Waals surface area contributed by atoms with Crippen LogP contribution in [0.25, 0.3) is 0 Å². The Morgan fingerprint density at radius 1 is 1.30 bits per heavy atom. The van der Waals surface area contributed by atoms with E-state index < -0.39 is 0 Å². The third kappa shape index (κ3) is 5.02. The second-order valence-corrected chi connectivity index (χ2v) is 7.60. The normalized spacial score (nSPS) is 23.6. The Bertz CT molecular complexity index is 619. The number of nitrogens with zero attached hydrogens (tertiary/aromatic N) is 2. The highest BCUT2D eigenvalue weighted by Crippen LogP contribution is 2.27. The molecule has 2 amide bonds. The lowest BCUT2D eigenvalue weighted by Crippen LogP contribution is -2.46. The van der Waals surface area contributed by atoms with Crippen LogP contribution in [0.15, 0.2) is 30.3 Å². The van der Waals surface area contributed by atoms with Gasteiger partial charge in [0.2, 0.25) is 11.8 Å².